The minimum atomic E-state index is -0.848. The van der Waals surface area contributed by atoms with E-state index >= 15 is 0 Å². The molecule has 0 radical (unpaired) electrons. The molecule has 0 saturated carbocycles. The van der Waals surface area contributed by atoms with Gasteiger partial charge >= 0.3 is 5.97 Å². The van der Waals surface area contributed by atoms with Gasteiger partial charge in [0.1, 0.15) is 5.52 Å². The highest BCUT2D eigenvalue weighted by Crippen LogP contribution is 2.29. The molecule has 0 spiro atoms. The molecule has 0 aliphatic rings. The molecule has 2 aromatic rings. The molecule has 1 N–H and O–H groups in total. The van der Waals surface area contributed by atoms with Crippen LogP contribution in [0.1, 0.15) is 13.8 Å². The summed E-state index contributed by atoms with van der Waals surface area (Å²) in [5.41, 5.74) is 1.69. The number of rotatable bonds is 5. The van der Waals surface area contributed by atoms with Gasteiger partial charge in [-0.05, 0) is 18.1 Å². The molecule has 1 aromatic heterocycles. The van der Waals surface area contributed by atoms with E-state index in [0.717, 1.165) is 17.6 Å². The van der Waals surface area contributed by atoms with E-state index in [0.29, 0.717) is 16.1 Å². The highest BCUT2D eigenvalue weighted by Gasteiger charge is 2.15. The van der Waals surface area contributed by atoms with Gasteiger partial charge < -0.3 is 9.67 Å². The van der Waals surface area contributed by atoms with Gasteiger partial charge in [-0.3, -0.25) is 4.79 Å². The van der Waals surface area contributed by atoms with E-state index in [9.17, 15) is 4.79 Å². The van der Waals surface area contributed by atoms with E-state index in [2.05, 4.69) is 18.8 Å². The number of benzene rings is 1. The van der Waals surface area contributed by atoms with Gasteiger partial charge in [0.05, 0.1) is 16.3 Å². The van der Waals surface area contributed by atoms with Crippen LogP contribution in [0.4, 0.5) is 0 Å². The van der Waals surface area contributed by atoms with E-state index in [4.69, 9.17) is 16.7 Å². The molecule has 0 aliphatic heterocycles. The Balaban J connectivity index is 2.47. The van der Waals surface area contributed by atoms with E-state index in [1.807, 2.05) is 16.7 Å². The summed E-state index contributed by atoms with van der Waals surface area (Å²) in [6.07, 6.45) is 0. The quantitative estimate of drug-likeness (QED) is 0.858. The van der Waals surface area contributed by atoms with Crippen LogP contribution in [0.25, 0.3) is 11.0 Å². The van der Waals surface area contributed by atoms with Gasteiger partial charge in [-0.15, -0.1) is 0 Å². The monoisotopic (exact) mass is 298 g/mol. The molecule has 1 heterocycles. The molecule has 19 heavy (non-hydrogen) atoms. The minimum Gasteiger partial charge on any atom is -0.481 e. The molecule has 0 saturated heterocycles. The summed E-state index contributed by atoms with van der Waals surface area (Å²) in [5.74, 6) is -0.404. The Bertz CT molecular complexity index is 610. The third kappa shape index (κ3) is 3.22. The normalized spacial score (nSPS) is 11.4. The van der Waals surface area contributed by atoms with Crippen molar-refractivity contribution in [1.29, 1.82) is 0 Å². The van der Waals surface area contributed by atoms with Crippen molar-refractivity contribution in [2.45, 2.75) is 25.5 Å². The highest BCUT2D eigenvalue weighted by molar-refractivity contribution is 7.99. The van der Waals surface area contributed by atoms with Gasteiger partial charge in [0, 0.05) is 6.54 Å². The Hall–Kier alpha value is -1.20. The number of thioether (sulfide) groups is 1. The summed E-state index contributed by atoms with van der Waals surface area (Å²) in [5, 5.41) is 10.1. The molecule has 0 fully saturated rings. The second-order valence-electron chi connectivity index (χ2n) is 4.69. The lowest BCUT2D eigenvalue weighted by Gasteiger charge is -2.10. The molecule has 0 aliphatic carbocycles. The van der Waals surface area contributed by atoms with Crippen LogP contribution in [-0.4, -0.2) is 26.4 Å². The lowest BCUT2D eigenvalue weighted by molar-refractivity contribution is -0.133. The first-order valence-electron chi connectivity index (χ1n) is 5.98. The van der Waals surface area contributed by atoms with Crippen LogP contribution in [0.5, 0.6) is 0 Å². The minimum absolute atomic E-state index is 0.000956. The van der Waals surface area contributed by atoms with Gasteiger partial charge in [0.15, 0.2) is 5.16 Å². The number of hydrogen-bond donors (Lipinski definition) is 1. The Morgan fingerprint density at radius 3 is 2.89 bits per heavy atom. The molecule has 6 heteroatoms. The number of carbonyl (C=O) groups is 1. The number of fused-ring (bicyclic) bond motifs is 1. The third-order valence-corrected chi connectivity index (χ3v) is 3.83. The maximum atomic E-state index is 10.7. The van der Waals surface area contributed by atoms with Crippen LogP contribution < -0.4 is 0 Å². The van der Waals surface area contributed by atoms with Gasteiger partial charge in [-0.2, -0.15) is 0 Å². The van der Waals surface area contributed by atoms with Gasteiger partial charge in [0.25, 0.3) is 0 Å². The number of para-hydroxylation sites is 1. The molecule has 102 valence electrons. The van der Waals surface area contributed by atoms with Crippen LogP contribution in [0, 0.1) is 5.92 Å². The number of aliphatic carboxylic acids is 1. The summed E-state index contributed by atoms with van der Waals surface area (Å²) in [6.45, 7) is 5.02. The second-order valence-corrected chi connectivity index (χ2v) is 6.04. The molecule has 0 atom stereocenters. The summed E-state index contributed by atoms with van der Waals surface area (Å²) in [6, 6.07) is 5.64. The van der Waals surface area contributed by atoms with E-state index in [-0.39, 0.29) is 5.75 Å². The van der Waals surface area contributed by atoms with Gasteiger partial charge in [-0.25, -0.2) is 4.98 Å². The second kappa shape index (κ2) is 5.84. The van der Waals surface area contributed by atoms with Crippen LogP contribution in [0.2, 0.25) is 5.02 Å². The van der Waals surface area contributed by atoms with Crippen LogP contribution >= 0.6 is 23.4 Å². The Morgan fingerprint density at radius 2 is 2.26 bits per heavy atom. The van der Waals surface area contributed by atoms with E-state index in [1.165, 1.54) is 11.8 Å². The molecule has 0 bridgehead atoms. The fourth-order valence-electron chi connectivity index (χ4n) is 1.87. The summed E-state index contributed by atoms with van der Waals surface area (Å²) >= 11 is 7.37. The van der Waals surface area contributed by atoms with Crippen molar-refractivity contribution < 1.29 is 9.90 Å². The molecular formula is C13H15ClN2O2S. The first-order chi connectivity index (χ1) is 8.99. The standard InChI is InChI=1S/C13H15ClN2O2S/c1-8(2)6-16-10-5-3-4-9(14)12(10)15-13(16)19-7-11(17)18/h3-5,8H,6-7H2,1-2H3,(H,17,18). The predicted octanol–water partition coefficient (Wildman–Crippen LogP) is 3.52. The average Bonchev–Trinajstić information content (AvgIpc) is 2.66. The topological polar surface area (TPSA) is 55.1 Å². The highest BCUT2D eigenvalue weighted by atomic mass is 35.5. The lowest BCUT2D eigenvalue weighted by atomic mass is 10.2. The van der Waals surface area contributed by atoms with Crippen LogP contribution in [0.3, 0.4) is 0 Å². The van der Waals surface area contributed by atoms with E-state index in [1.54, 1.807) is 6.07 Å². The van der Waals surface area contributed by atoms with Crippen LogP contribution in [0.15, 0.2) is 23.4 Å². The first kappa shape index (κ1) is 14.2. The molecule has 2 rings (SSSR count). The van der Waals surface area contributed by atoms with Crippen molar-refractivity contribution in [3.05, 3.63) is 23.2 Å². The summed E-state index contributed by atoms with van der Waals surface area (Å²) in [4.78, 5) is 15.2. The van der Waals surface area contributed by atoms with Gasteiger partial charge in [0.2, 0.25) is 0 Å². The number of imidazole rings is 1. The van der Waals surface area contributed by atoms with Crippen molar-refractivity contribution in [2.75, 3.05) is 5.75 Å². The zero-order valence-electron chi connectivity index (χ0n) is 10.8. The van der Waals surface area contributed by atoms with Crippen molar-refractivity contribution >= 4 is 40.4 Å². The SMILES string of the molecule is CC(C)Cn1c(SCC(=O)O)nc2c(Cl)cccc21. The lowest BCUT2D eigenvalue weighted by Crippen LogP contribution is -2.07. The largest absolute Gasteiger partial charge is 0.481 e. The summed E-state index contributed by atoms with van der Waals surface area (Å²) in [7, 11) is 0. The van der Waals surface area contributed by atoms with Crippen molar-refractivity contribution in [2.24, 2.45) is 5.92 Å². The van der Waals surface area contributed by atoms with E-state index < -0.39 is 5.97 Å². The third-order valence-electron chi connectivity index (χ3n) is 2.57. The van der Waals surface area contributed by atoms with Crippen molar-refractivity contribution in [1.82, 2.24) is 9.55 Å². The smallest absolute Gasteiger partial charge is 0.313 e. The maximum absolute atomic E-state index is 10.7. The zero-order chi connectivity index (χ0) is 14.0. The molecule has 0 amide bonds. The molecular weight excluding hydrogens is 284 g/mol. The zero-order valence-corrected chi connectivity index (χ0v) is 12.3. The number of carboxylic acids is 1. The number of halogens is 1. The number of aromatic nitrogens is 2. The predicted molar refractivity (Wildman–Crippen MR) is 77.9 cm³/mol. The Morgan fingerprint density at radius 1 is 1.53 bits per heavy atom. The fourth-order valence-corrected chi connectivity index (χ4v) is 2.82. The van der Waals surface area contributed by atoms with Gasteiger partial charge in [-0.1, -0.05) is 43.3 Å². The Labute approximate surface area is 120 Å². The molecule has 0 unspecified atom stereocenters. The number of hydrogen-bond acceptors (Lipinski definition) is 3. The number of nitrogens with zero attached hydrogens (tertiary/aromatic N) is 2. The van der Waals surface area contributed by atoms with Crippen LogP contribution in [-0.2, 0) is 11.3 Å². The number of carboxylic acid groups (broad SMARTS) is 1. The van der Waals surface area contributed by atoms with Crippen molar-refractivity contribution in [3.8, 4) is 0 Å². The molecule has 1 aromatic carbocycles. The average molecular weight is 299 g/mol. The first-order valence-corrected chi connectivity index (χ1v) is 7.34. The maximum Gasteiger partial charge on any atom is 0.313 e. The summed E-state index contributed by atoms with van der Waals surface area (Å²) < 4.78 is 2.04. The fraction of sp³-hybridized carbons (Fsp3) is 0.385. The Kier molecular flexibility index (Phi) is 4.37. The molecule has 4 nitrogen and oxygen atoms in total. The van der Waals surface area contributed by atoms with Crippen molar-refractivity contribution in [3.63, 3.8) is 0 Å².